The number of methoxy groups -OCH3 is 2. The van der Waals surface area contributed by atoms with E-state index in [2.05, 4.69) is 23.8 Å². The number of anilines is 2. The van der Waals surface area contributed by atoms with Gasteiger partial charge in [-0.1, -0.05) is 12.2 Å². The van der Waals surface area contributed by atoms with E-state index in [1.807, 2.05) is 0 Å². The van der Waals surface area contributed by atoms with Crippen LogP contribution in [0.5, 0.6) is 11.5 Å². The van der Waals surface area contributed by atoms with Gasteiger partial charge in [-0.3, -0.25) is 19.2 Å². The van der Waals surface area contributed by atoms with Crippen LogP contribution in [-0.2, 0) is 16.0 Å². The molecule has 4 aromatic rings. The van der Waals surface area contributed by atoms with Gasteiger partial charge in [0.1, 0.15) is 40.8 Å². The van der Waals surface area contributed by atoms with Crippen LogP contribution >= 0.6 is 0 Å². The summed E-state index contributed by atoms with van der Waals surface area (Å²) in [6, 6.07) is 14.7. The zero-order valence-electron chi connectivity index (χ0n) is 28.8. The standard InChI is InChI=1S/C39H36F4N4O6/c1-5-17-46(27-7-11-29(52-3)12-8-27)34(48)23-44-37(49)35-31(42)15-16-32(43)36(35)38(50)45-33(21-24-19-25(40)22-26(41)20-24)39(51)47(18-6-2)28-9-13-30(53-4)14-10-28/h5-16,19-20,22,33H,1-2,17-18,21,23H2,3-4H3,(H,44,49)(H,45,50)/t33-/m0/s1. The maximum Gasteiger partial charge on any atom is 0.255 e. The summed E-state index contributed by atoms with van der Waals surface area (Å²) in [5.74, 6) is -7.72. The van der Waals surface area contributed by atoms with Gasteiger partial charge in [-0.2, -0.15) is 0 Å². The van der Waals surface area contributed by atoms with Crippen molar-refractivity contribution < 1.29 is 46.2 Å². The molecule has 0 radical (unpaired) electrons. The fraction of sp³-hybridized carbons (Fsp3) is 0.179. The summed E-state index contributed by atoms with van der Waals surface area (Å²) in [4.78, 5) is 56.9. The first-order chi connectivity index (χ1) is 25.4. The molecule has 53 heavy (non-hydrogen) atoms. The molecule has 4 rings (SSSR count). The molecule has 0 saturated heterocycles. The second kappa shape index (κ2) is 18.2. The van der Waals surface area contributed by atoms with Crippen molar-refractivity contribution in [3.63, 3.8) is 0 Å². The number of hydrogen-bond donors (Lipinski definition) is 2. The molecule has 0 fully saturated rings. The van der Waals surface area contributed by atoms with Crippen molar-refractivity contribution in [1.82, 2.24) is 10.6 Å². The molecule has 0 aliphatic heterocycles. The summed E-state index contributed by atoms with van der Waals surface area (Å²) >= 11 is 0. The Bertz CT molecular complexity index is 1970. The van der Waals surface area contributed by atoms with Crippen LogP contribution in [-0.4, -0.2) is 63.5 Å². The van der Waals surface area contributed by atoms with Gasteiger partial charge in [0.05, 0.1) is 31.9 Å². The molecule has 0 saturated carbocycles. The predicted molar refractivity (Wildman–Crippen MR) is 191 cm³/mol. The highest BCUT2D eigenvalue weighted by molar-refractivity contribution is 6.10. The minimum atomic E-state index is -1.64. The zero-order chi connectivity index (χ0) is 38.7. The lowest BCUT2D eigenvalue weighted by Gasteiger charge is -2.28. The lowest BCUT2D eigenvalue weighted by Crippen LogP contribution is -2.50. The first-order valence-corrected chi connectivity index (χ1v) is 16.0. The summed E-state index contributed by atoms with van der Waals surface area (Å²) in [6.07, 6.45) is 2.34. The fourth-order valence-corrected chi connectivity index (χ4v) is 5.37. The van der Waals surface area contributed by atoms with Crippen molar-refractivity contribution in [2.75, 3.05) is 43.7 Å². The number of ether oxygens (including phenoxy) is 2. The molecular formula is C39H36F4N4O6. The highest BCUT2D eigenvalue weighted by Gasteiger charge is 2.32. The Hall–Kier alpha value is -6.44. The second-order valence-corrected chi connectivity index (χ2v) is 11.4. The Morgan fingerprint density at radius 1 is 0.698 bits per heavy atom. The van der Waals surface area contributed by atoms with Crippen LogP contribution in [0.25, 0.3) is 0 Å². The van der Waals surface area contributed by atoms with Crippen LogP contribution in [0.2, 0.25) is 0 Å². The normalized spacial score (nSPS) is 11.1. The number of carbonyl (C=O) groups excluding carboxylic acids is 4. The molecule has 0 aliphatic carbocycles. The predicted octanol–water partition coefficient (Wildman–Crippen LogP) is 5.77. The van der Waals surface area contributed by atoms with Gasteiger partial charge < -0.3 is 29.9 Å². The molecular weight excluding hydrogens is 696 g/mol. The highest BCUT2D eigenvalue weighted by Crippen LogP contribution is 2.24. The van der Waals surface area contributed by atoms with E-state index < -0.39 is 77.0 Å². The van der Waals surface area contributed by atoms with Gasteiger partial charge >= 0.3 is 0 Å². The van der Waals surface area contributed by atoms with Crippen molar-refractivity contribution in [2.24, 2.45) is 0 Å². The largest absolute Gasteiger partial charge is 0.497 e. The zero-order valence-corrected chi connectivity index (χ0v) is 28.8. The Kier molecular flexibility index (Phi) is 13.5. The third-order valence-electron chi connectivity index (χ3n) is 7.88. The van der Waals surface area contributed by atoms with Crippen LogP contribution < -0.4 is 29.9 Å². The summed E-state index contributed by atoms with van der Waals surface area (Å²) < 4.78 is 69.4. The summed E-state index contributed by atoms with van der Waals surface area (Å²) in [7, 11) is 2.92. The van der Waals surface area contributed by atoms with Crippen molar-refractivity contribution in [2.45, 2.75) is 12.5 Å². The molecule has 276 valence electrons. The average Bonchev–Trinajstić information content (AvgIpc) is 3.14. The van der Waals surface area contributed by atoms with E-state index in [-0.39, 0.29) is 18.7 Å². The Labute approximate surface area is 303 Å². The number of benzene rings is 4. The number of amides is 4. The van der Waals surface area contributed by atoms with Gasteiger partial charge in [0.25, 0.3) is 11.8 Å². The van der Waals surface area contributed by atoms with Crippen molar-refractivity contribution in [3.8, 4) is 11.5 Å². The Balaban J connectivity index is 1.65. The van der Waals surface area contributed by atoms with Crippen molar-refractivity contribution in [1.29, 1.82) is 0 Å². The minimum absolute atomic E-state index is 0.0348. The quantitative estimate of drug-likeness (QED) is 0.112. The van der Waals surface area contributed by atoms with Gasteiger partial charge in [0.15, 0.2) is 0 Å². The first-order valence-electron chi connectivity index (χ1n) is 16.0. The van der Waals surface area contributed by atoms with E-state index in [0.717, 1.165) is 12.1 Å². The maximum absolute atomic E-state index is 15.4. The van der Waals surface area contributed by atoms with E-state index >= 15 is 8.78 Å². The molecule has 2 N–H and O–H groups in total. The summed E-state index contributed by atoms with van der Waals surface area (Å²) in [5, 5.41) is 4.56. The molecule has 0 aromatic heterocycles. The molecule has 0 spiro atoms. The van der Waals surface area contributed by atoms with Crippen LogP contribution in [0.4, 0.5) is 28.9 Å². The molecule has 0 bridgehead atoms. The van der Waals surface area contributed by atoms with Gasteiger partial charge in [-0.15, -0.1) is 13.2 Å². The Morgan fingerprint density at radius 3 is 1.66 bits per heavy atom. The number of nitrogens with one attached hydrogen (secondary N) is 2. The lowest BCUT2D eigenvalue weighted by molar-refractivity contribution is -0.120. The topological polar surface area (TPSA) is 117 Å². The van der Waals surface area contributed by atoms with Crippen LogP contribution in [0.15, 0.2) is 104 Å². The summed E-state index contributed by atoms with van der Waals surface area (Å²) in [6.45, 7) is 6.55. The number of halogens is 4. The molecule has 0 heterocycles. The molecule has 0 unspecified atom stereocenters. The van der Waals surface area contributed by atoms with E-state index in [1.54, 1.807) is 48.5 Å². The molecule has 14 heteroatoms. The first kappa shape index (κ1) is 39.3. The third kappa shape index (κ3) is 9.88. The number of nitrogens with zero attached hydrogens (tertiary/aromatic N) is 2. The molecule has 4 amide bonds. The van der Waals surface area contributed by atoms with Gasteiger partial charge in [-0.05, 0) is 78.4 Å². The van der Waals surface area contributed by atoms with E-state index in [4.69, 9.17) is 9.47 Å². The third-order valence-corrected chi connectivity index (χ3v) is 7.88. The smallest absolute Gasteiger partial charge is 0.255 e. The molecule has 1 atom stereocenters. The second-order valence-electron chi connectivity index (χ2n) is 11.4. The van der Waals surface area contributed by atoms with E-state index in [1.165, 1.54) is 36.2 Å². The maximum atomic E-state index is 15.4. The number of carbonyl (C=O) groups is 4. The number of hydrogen-bond acceptors (Lipinski definition) is 6. The monoisotopic (exact) mass is 732 g/mol. The van der Waals surface area contributed by atoms with Gasteiger partial charge in [0.2, 0.25) is 11.8 Å². The van der Waals surface area contributed by atoms with Gasteiger partial charge in [0, 0.05) is 37.0 Å². The minimum Gasteiger partial charge on any atom is -0.497 e. The fourth-order valence-electron chi connectivity index (χ4n) is 5.37. The molecule has 4 aromatic carbocycles. The molecule has 0 aliphatic rings. The van der Waals surface area contributed by atoms with Crippen molar-refractivity contribution in [3.05, 3.63) is 144 Å². The van der Waals surface area contributed by atoms with Crippen LogP contribution in [0.1, 0.15) is 26.3 Å². The van der Waals surface area contributed by atoms with Crippen molar-refractivity contribution >= 4 is 35.0 Å². The van der Waals surface area contributed by atoms with Gasteiger partial charge in [-0.25, -0.2) is 17.6 Å². The number of rotatable bonds is 16. The van der Waals surface area contributed by atoms with Crippen LogP contribution in [0.3, 0.4) is 0 Å². The lowest BCUT2D eigenvalue weighted by atomic mass is 10.0. The SMILES string of the molecule is C=CCN(C(=O)CNC(=O)c1c(F)ccc(F)c1C(=O)N[C@@H](Cc1cc(F)cc(F)c1)C(=O)N(CC=C)c1ccc(OC)cc1)c1ccc(OC)cc1. The Morgan fingerprint density at radius 2 is 1.17 bits per heavy atom. The molecule has 10 nitrogen and oxygen atoms in total. The van der Waals surface area contributed by atoms with E-state index in [0.29, 0.717) is 41.1 Å². The van der Waals surface area contributed by atoms with Crippen LogP contribution in [0, 0.1) is 23.3 Å². The highest BCUT2D eigenvalue weighted by atomic mass is 19.1. The average molecular weight is 733 g/mol. The van der Waals surface area contributed by atoms with E-state index in [9.17, 15) is 28.0 Å². The summed E-state index contributed by atoms with van der Waals surface area (Å²) in [5.41, 5.74) is -1.42.